The predicted octanol–water partition coefficient (Wildman–Crippen LogP) is 3.24. The second kappa shape index (κ2) is 4.00. The van der Waals surface area contributed by atoms with Gasteiger partial charge in [0.25, 0.3) is 0 Å². The van der Waals surface area contributed by atoms with Crippen LogP contribution in [0.15, 0.2) is 0 Å². The second-order valence-electron chi connectivity index (χ2n) is 5.13. The standard InChI is InChI=1S/C12H22O/c1-9(2)11-6-5-10-4-3-7-13-12(10)8-11/h9-12H,3-8H2,1-2H3. The van der Waals surface area contributed by atoms with Crippen LogP contribution in [0.25, 0.3) is 0 Å². The molecule has 1 aliphatic carbocycles. The zero-order valence-corrected chi connectivity index (χ0v) is 8.96. The molecule has 0 radical (unpaired) electrons. The predicted molar refractivity (Wildman–Crippen MR) is 54.6 cm³/mol. The lowest BCUT2D eigenvalue weighted by Gasteiger charge is -2.40. The maximum atomic E-state index is 5.86. The molecule has 2 rings (SSSR count). The lowest BCUT2D eigenvalue weighted by Crippen LogP contribution is -2.36. The Morgan fingerprint density at radius 2 is 2.00 bits per heavy atom. The topological polar surface area (TPSA) is 9.23 Å². The number of fused-ring (bicyclic) bond motifs is 1. The van der Waals surface area contributed by atoms with Gasteiger partial charge in [0.15, 0.2) is 0 Å². The molecule has 0 aromatic rings. The van der Waals surface area contributed by atoms with Crippen LogP contribution in [0.2, 0.25) is 0 Å². The average Bonchev–Trinajstić information content (AvgIpc) is 2.17. The molecule has 0 aromatic carbocycles. The number of hydrogen-bond acceptors (Lipinski definition) is 1. The van der Waals surface area contributed by atoms with Crippen LogP contribution in [0.5, 0.6) is 0 Å². The molecule has 2 aliphatic rings. The monoisotopic (exact) mass is 182 g/mol. The van der Waals surface area contributed by atoms with Crippen molar-refractivity contribution in [1.82, 2.24) is 0 Å². The third-order valence-corrected chi connectivity index (χ3v) is 3.96. The Bertz CT molecular complexity index is 165. The lowest BCUT2D eigenvalue weighted by atomic mass is 9.73. The van der Waals surface area contributed by atoms with Gasteiger partial charge in [-0.25, -0.2) is 0 Å². The van der Waals surface area contributed by atoms with Crippen LogP contribution in [0.3, 0.4) is 0 Å². The van der Waals surface area contributed by atoms with Crippen LogP contribution >= 0.6 is 0 Å². The first kappa shape index (κ1) is 9.51. The van der Waals surface area contributed by atoms with E-state index in [4.69, 9.17) is 4.74 Å². The molecule has 1 nitrogen and oxygen atoms in total. The Morgan fingerprint density at radius 1 is 1.15 bits per heavy atom. The molecule has 0 bridgehead atoms. The average molecular weight is 182 g/mol. The number of rotatable bonds is 1. The fourth-order valence-corrected chi connectivity index (χ4v) is 2.94. The van der Waals surface area contributed by atoms with E-state index in [9.17, 15) is 0 Å². The van der Waals surface area contributed by atoms with Gasteiger partial charge in [-0.2, -0.15) is 0 Å². The summed E-state index contributed by atoms with van der Waals surface area (Å²) in [5, 5.41) is 0. The van der Waals surface area contributed by atoms with E-state index in [1.54, 1.807) is 0 Å². The molecular weight excluding hydrogens is 160 g/mol. The SMILES string of the molecule is CC(C)C1CCC2CCCOC2C1. The summed E-state index contributed by atoms with van der Waals surface area (Å²) in [6.45, 7) is 5.73. The van der Waals surface area contributed by atoms with Gasteiger partial charge in [0.1, 0.15) is 0 Å². The number of hydrogen-bond donors (Lipinski definition) is 0. The first-order valence-corrected chi connectivity index (χ1v) is 5.89. The molecule has 0 N–H and O–H groups in total. The van der Waals surface area contributed by atoms with E-state index < -0.39 is 0 Å². The molecule has 0 aromatic heterocycles. The molecule has 1 heteroatoms. The third kappa shape index (κ3) is 2.07. The van der Waals surface area contributed by atoms with Crippen molar-refractivity contribution in [3.05, 3.63) is 0 Å². The highest BCUT2D eigenvalue weighted by molar-refractivity contribution is 4.84. The summed E-state index contributed by atoms with van der Waals surface area (Å²) in [5.74, 6) is 2.69. The van der Waals surface area contributed by atoms with Crippen molar-refractivity contribution >= 4 is 0 Å². The van der Waals surface area contributed by atoms with Crippen LogP contribution in [0, 0.1) is 17.8 Å². The summed E-state index contributed by atoms with van der Waals surface area (Å²) in [7, 11) is 0. The normalized spacial score (nSPS) is 40.4. The van der Waals surface area contributed by atoms with Crippen LogP contribution < -0.4 is 0 Å². The van der Waals surface area contributed by atoms with E-state index in [2.05, 4.69) is 13.8 Å². The fraction of sp³-hybridized carbons (Fsp3) is 1.00. The highest BCUT2D eigenvalue weighted by Gasteiger charge is 2.33. The van der Waals surface area contributed by atoms with Gasteiger partial charge < -0.3 is 4.74 Å². The summed E-state index contributed by atoms with van der Waals surface area (Å²) in [5.41, 5.74) is 0. The molecule has 2 fully saturated rings. The van der Waals surface area contributed by atoms with Gasteiger partial charge in [-0.05, 0) is 49.9 Å². The van der Waals surface area contributed by atoms with Gasteiger partial charge in [0.2, 0.25) is 0 Å². The van der Waals surface area contributed by atoms with Gasteiger partial charge >= 0.3 is 0 Å². The molecule has 0 spiro atoms. The van der Waals surface area contributed by atoms with Crippen molar-refractivity contribution in [3.8, 4) is 0 Å². The Balaban J connectivity index is 1.91. The minimum Gasteiger partial charge on any atom is -0.378 e. The maximum Gasteiger partial charge on any atom is 0.0606 e. The Hall–Kier alpha value is -0.0400. The van der Waals surface area contributed by atoms with Crippen molar-refractivity contribution in [3.63, 3.8) is 0 Å². The molecule has 3 unspecified atom stereocenters. The molecule has 13 heavy (non-hydrogen) atoms. The molecule has 1 saturated heterocycles. The first-order valence-electron chi connectivity index (χ1n) is 5.89. The molecule has 76 valence electrons. The van der Waals surface area contributed by atoms with E-state index >= 15 is 0 Å². The van der Waals surface area contributed by atoms with E-state index in [0.717, 1.165) is 24.4 Å². The van der Waals surface area contributed by atoms with Gasteiger partial charge in [-0.15, -0.1) is 0 Å². The van der Waals surface area contributed by atoms with Crippen LogP contribution in [0.1, 0.15) is 46.0 Å². The van der Waals surface area contributed by atoms with Gasteiger partial charge in [0.05, 0.1) is 6.10 Å². The third-order valence-electron chi connectivity index (χ3n) is 3.96. The lowest BCUT2D eigenvalue weighted by molar-refractivity contribution is -0.0652. The van der Waals surface area contributed by atoms with Crippen molar-refractivity contribution in [2.45, 2.75) is 52.1 Å². The largest absolute Gasteiger partial charge is 0.378 e. The maximum absolute atomic E-state index is 5.86. The van der Waals surface area contributed by atoms with E-state index in [0.29, 0.717) is 6.10 Å². The summed E-state index contributed by atoms with van der Waals surface area (Å²) < 4.78 is 5.86. The number of ether oxygens (including phenoxy) is 1. The molecule has 0 amide bonds. The summed E-state index contributed by atoms with van der Waals surface area (Å²) in [4.78, 5) is 0. The van der Waals surface area contributed by atoms with Crippen LogP contribution in [-0.4, -0.2) is 12.7 Å². The summed E-state index contributed by atoms with van der Waals surface area (Å²) in [6, 6.07) is 0. The van der Waals surface area contributed by atoms with Gasteiger partial charge in [-0.3, -0.25) is 0 Å². The highest BCUT2D eigenvalue weighted by Crippen LogP contribution is 2.39. The Labute approximate surface area is 81.9 Å². The minimum atomic E-state index is 0.620. The molecular formula is C12H22O. The summed E-state index contributed by atoms with van der Waals surface area (Å²) in [6.07, 6.45) is 7.55. The second-order valence-corrected chi connectivity index (χ2v) is 5.13. The zero-order chi connectivity index (χ0) is 9.26. The molecule has 1 heterocycles. The molecule has 3 atom stereocenters. The van der Waals surface area contributed by atoms with E-state index in [1.807, 2.05) is 0 Å². The fourth-order valence-electron chi connectivity index (χ4n) is 2.94. The highest BCUT2D eigenvalue weighted by atomic mass is 16.5. The quantitative estimate of drug-likeness (QED) is 0.605. The first-order chi connectivity index (χ1) is 6.27. The van der Waals surface area contributed by atoms with Crippen LogP contribution in [-0.2, 0) is 4.74 Å². The smallest absolute Gasteiger partial charge is 0.0606 e. The van der Waals surface area contributed by atoms with Crippen LogP contribution in [0.4, 0.5) is 0 Å². The van der Waals surface area contributed by atoms with Crippen molar-refractivity contribution in [2.24, 2.45) is 17.8 Å². The van der Waals surface area contributed by atoms with E-state index in [-0.39, 0.29) is 0 Å². The van der Waals surface area contributed by atoms with Crippen molar-refractivity contribution in [1.29, 1.82) is 0 Å². The Kier molecular flexibility index (Phi) is 2.92. The van der Waals surface area contributed by atoms with E-state index in [1.165, 1.54) is 32.1 Å². The Morgan fingerprint density at radius 3 is 2.77 bits per heavy atom. The van der Waals surface area contributed by atoms with Crippen molar-refractivity contribution in [2.75, 3.05) is 6.61 Å². The molecule has 1 aliphatic heterocycles. The van der Waals surface area contributed by atoms with Gasteiger partial charge in [0, 0.05) is 6.61 Å². The van der Waals surface area contributed by atoms with Crippen molar-refractivity contribution < 1.29 is 4.74 Å². The minimum absolute atomic E-state index is 0.620. The zero-order valence-electron chi connectivity index (χ0n) is 8.96. The van der Waals surface area contributed by atoms with Gasteiger partial charge in [-0.1, -0.05) is 13.8 Å². The summed E-state index contributed by atoms with van der Waals surface area (Å²) >= 11 is 0. The molecule has 1 saturated carbocycles.